The Morgan fingerprint density at radius 2 is 1.97 bits per heavy atom. The topological polar surface area (TPSA) is 103 Å². The van der Waals surface area contributed by atoms with E-state index in [1.807, 2.05) is 0 Å². The molecule has 1 heterocycles. The fraction of sp³-hybridized carbons (Fsp3) is 0.158. The van der Waals surface area contributed by atoms with Gasteiger partial charge >= 0.3 is 11.7 Å². The Morgan fingerprint density at radius 3 is 2.69 bits per heavy atom. The number of hydrogen-bond donors (Lipinski definition) is 1. The van der Waals surface area contributed by atoms with Gasteiger partial charge in [0.2, 0.25) is 5.89 Å². The zero-order chi connectivity index (χ0) is 21.0. The molecule has 1 N–H and O–H groups in total. The molecule has 0 aliphatic rings. The van der Waals surface area contributed by atoms with Gasteiger partial charge in [0.1, 0.15) is 12.4 Å². The van der Waals surface area contributed by atoms with Gasteiger partial charge in [-0.05, 0) is 48.9 Å². The number of aromatic nitrogens is 2. The van der Waals surface area contributed by atoms with Crippen LogP contribution in [0.4, 0.5) is 10.1 Å². The molecular weight excluding hydrogens is 405 g/mol. The van der Waals surface area contributed by atoms with Gasteiger partial charge in [0.05, 0.1) is 0 Å². The number of benzene rings is 2. The third-order valence-corrected chi connectivity index (χ3v) is 4.29. The molecule has 0 fully saturated rings. The lowest BCUT2D eigenvalue weighted by Crippen LogP contribution is -2.26. The predicted octanol–water partition coefficient (Wildman–Crippen LogP) is 2.79. The van der Waals surface area contributed by atoms with Gasteiger partial charge in [-0.15, -0.1) is 5.10 Å². The Labute approximate surface area is 168 Å². The van der Waals surface area contributed by atoms with Crippen molar-refractivity contribution in [1.82, 2.24) is 9.78 Å². The summed E-state index contributed by atoms with van der Waals surface area (Å²) in [4.78, 5) is 35.7. The van der Waals surface area contributed by atoms with E-state index in [4.69, 9.17) is 20.8 Å². The minimum Gasteiger partial charge on any atom is -0.454 e. The summed E-state index contributed by atoms with van der Waals surface area (Å²) in [6.45, 7) is 0.634. The maximum Gasteiger partial charge on any atom is 0.437 e. The quantitative estimate of drug-likeness (QED) is 0.616. The van der Waals surface area contributed by atoms with Gasteiger partial charge < -0.3 is 14.5 Å². The average Bonchev–Trinajstić information content (AvgIpc) is 3.05. The zero-order valence-electron chi connectivity index (χ0n) is 15.1. The molecule has 3 aromatic rings. The highest BCUT2D eigenvalue weighted by Gasteiger charge is 2.15. The van der Waals surface area contributed by atoms with Crippen LogP contribution >= 0.6 is 11.6 Å². The van der Waals surface area contributed by atoms with Crippen LogP contribution in [0.5, 0.6) is 0 Å². The van der Waals surface area contributed by atoms with E-state index in [2.05, 4.69) is 10.4 Å². The fourth-order valence-electron chi connectivity index (χ4n) is 2.36. The Morgan fingerprint density at radius 1 is 1.24 bits per heavy atom. The number of carbonyl (C=O) groups is 2. The first kappa shape index (κ1) is 20.3. The van der Waals surface area contributed by atoms with Gasteiger partial charge in [-0.3, -0.25) is 9.59 Å². The molecule has 0 saturated carbocycles. The largest absolute Gasteiger partial charge is 0.454 e. The normalized spacial score (nSPS) is 10.6. The molecule has 29 heavy (non-hydrogen) atoms. The lowest BCUT2D eigenvalue weighted by Gasteiger charge is -2.09. The van der Waals surface area contributed by atoms with Gasteiger partial charge in [-0.2, -0.15) is 4.68 Å². The van der Waals surface area contributed by atoms with E-state index in [9.17, 15) is 18.8 Å². The van der Waals surface area contributed by atoms with Crippen LogP contribution in [-0.2, 0) is 20.9 Å². The van der Waals surface area contributed by atoms with Crippen LogP contribution in [0.1, 0.15) is 5.56 Å². The number of nitrogens with one attached hydrogen (secondary N) is 1. The van der Waals surface area contributed by atoms with E-state index in [1.165, 1.54) is 24.3 Å². The Kier molecular flexibility index (Phi) is 6.08. The first-order valence-corrected chi connectivity index (χ1v) is 8.76. The number of rotatable bonds is 6. The molecule has 150 valence electrons. The second-order valence-corrected chi connectivity index (χ2v) is 6.37. The monoisotopic (exact) mass is 419 g/mol. The van der Waals surface area contributed by atoms with Crippen molar-refractivity contribution < 1.29 is 23.1 Å². The van der Waals surface area contributed by atoms with Crippen molar-refractivity contribution in [3.8, 4) is 11.5 Å². The molecule has 0 saturated heterocycles. The van der Waals surface area contributed by atoms with E-state index in [0.29, 0.717) is 21.8 Å². The summed E-state index contributed by atoms with van der Waals surface area (Å²) < 4.78 is 23.5. The zero-order valence-corrected chi connectivity index (χ0v) is 15.9. The Hall–Kier alpha value is -3.46. The van der Waals surface area contributed by atoms with Crippen molar-refractivity contribution in [2.45, 2.75) is 13.5 Å². The number of hydrogen-bond acceptors (Lipinski definition) is 6. The Balaban J connectivity index is 1.57. The highest BCUT2D eigenvalue weighted by atomic mass is 35.5. The van der Waals surface area contributed by atoms with Crippen LogP contribution in [0.2, 0.25) is 5.02 Å². The van der Waals surface area contributed by atoms with Crippen LogP contribution in [0, 0.1) is 12.7 Å². The van der Waals surface area contributed by atoms with Gasteiger partial charge in [0.15, 0.2) is 6.61 Å². The molecule has 0 unspecified atom stereocenters. The van der Waals surface area contributed by atoms with Crippen LogP contribution in [0.25, 0.3) is 11.5 Å². The van der Waals surface area contributed by atoms with Crippen LogP contribution < -0.4 is 11.1 Å². The summed E-state index contributed by atoms with van der Waals surface area (Å²) in [7, 11) is 0. The highest BCUT2D eigenvalue weighted by molar-refractivity contribution is 6.31. The smallest absolute Gasteiger partial charge is 0.437 e. The van der Waals surface area contributed by atoms with Crippen molar-refractivity contribution >= 4 is 29.2 Å². The van der Waals surface area contributed by atoms with Crippen molar-refractivity contribution in [2.24, 2.45) is 0 Å². The highest BCUT2D eigenvalue weighted by Crippen LogP contribution is 2.22. The number of anilines is 1. The average molecular weight is 420 g/mol. The van der Waals surface area contributed by atoms with Gasteiger partial charge in [-0.1, -0.05) is 17.7 Å². The lowest BCUT2D eigenvalue weighted by molar-refractivity contribution is -0.148. The van der Waals surface area contributed by atoms with Crippen molar-refractivity contribution in [3.05, 3.63) is 69.4 Å². The van der Waals surface area contributed by atoms with E-state index in [0.717, 1.165) is 4.68 Å². The van der Waals surface area contributed by atoms with Crippen LogP contribution in [0.3, 0.4) is 0 Å². The first-order chi connectivity index (χ1) is 13.8. The summed E-state index contributed by atoms with van der Waals surface area (Å²) >= 11 is 5.98. The number of carbonyl (C=O) groups excluding carboxylic acids is 2. The van der Waals surface area contributed by atoms with E-state index < -0.39 is 36.6 Å². The van der Waals surface area contributed by atoms with Crippen LogP contribution in [0.15, 0.2) is 51.7 Å². The number of esters is 1. The number of halogens is 2. The maximum absolute atomic E-state index is 13.0. The molecule has 1 aromatic heterocycles. The molecule has 0 atom stereocenters. The molecular formula is C19H15ClFN3O5. The molecule has 10 heteroatoms. The van der Waals surface area contributed by atoms with Crippen molar-refractivity contribution in [3.63, 3.8) is 0 Å². The van der Waals surface area contributed by atoms with Gasteiger partial charge in [0.25, 0.3) is 5.91 Å². The van der Waals surface area contributed by atoms with E-state index in [-0.39, 0.29) is 5.89 Å². The fourth-order valence-corrected chi connectivity index (χ4v) is 2.53. The lowest BCUT2D eigenvalue weighted by atomic mass is 10.2. The summed E-state index contributed by atoms with van der Waals surface area (Å²) in [6.07, 6.45) is 0. The second kappa shape index (κ2) is 8.70. The molecule has 2 aromatic carbocycles. The minimum absolute atomic E-state index is 0.0722. The third-order valence-electron chi connectivity index (χ3n) is 3.88. The van der Waals surface area contributed by atoms with E-state index >= 15 is 0 Å². The second-order valence-electron chi connectivity index (χ2n) is 5.96. The maximum atomic E-state index is 13.0. The molecule has 8 nitrogen and oxygen atoms in total. The molecule has 0 aliphatic carbocycles. The summed E-state index contributed by atoms with van der Waals surface area (Å²) in [5, 5.41) is 6.93. The van der Waals surface area contributed by atoms with Crippen molar-refractivity contribution in [1.29, 1.82) is 0 Å². The molecule has 3 rings (SSSR count). The summed E-state index contributed by atoms with van der Waals surface area (Å²) in [5.74, 6) is -2.84. The Bertz CT molecular complexity index is 1110. The van der Waals surface area contributed by atoms with E-state index in [1.54, 1.807) is 25.1 Å². The molecule has 1 amide bonds. The molecule has 0 spiro atoms. The SMILES string of the molecule is Cc1c(Cl)cccc1NC(=O)COC(=O)Cn1nc(-c2ccc(F)cc2)oc1=O. The standard InChI is InChI=1S/C19H15ClFN3O5/c1-11-14(20)3-2-4-15(11)22-16(25)10-28-17(26)9-24-19(27)29-18(23-24)12-5-7-13(21)8-6-12/h2-8H,9-10H2,1H3,(H,22,25). The molecule has 0 radical (unpaired) electrons. The van der Waals surface area contributed by atoms with Crippen molar-refractivity contribution in [2.75, 3.05) is 11.9 Å². The first-order valence-electron chi connectivity index (χ1n) is 8.38. The molecule has 0 aliphatic heterocycles. The third kappa shape index (κ3) is 5.08. The number of ether oxygens (including phenoxy) is 1. The number of nitrogens with zero attached hydrogens (tertiary/aromatic N) is 2. The minimum atomic E-state index is -0.889. The van der Waals surface area contributed by atoms with Crippen LogP contribution in [-0.4, -0.2) is 28.3 Å². The van der Waals surface area contributed by atoms with Gasteiger partial charge in [0, 0.05) is 16.3 Å². The molecule has 0 bridgehead atoms. The summed E-state index contributed by atoms with van der Waals surface area (Å²) in [5.41, 5.74) is 1.54. The predicted molar refractivity (Wildman–Crippen MR) is 102 cm³/mol. The number of amides is 1. The van der Waals surface area contributed by atoms with Gasteiger partial charge in [-0.25, -0.2) is 9.18 Å². The summed E-state index contributed by atoms with van der Waals surface area (Å²) in [6, 6.07) is 10.1.